The van der Waals surface area contributed by atoms with Crippen LogP contribution in [0.5, 0.6) is 0 Å². The summed E-state index contributed by atoms with van der Waals surface area (Å²) in [5.74, 6) is -0.0963. The van der Waals surface area contributed by atoms with Gasteiger partial charge in [0, 0.05) is 25.0 Å². The molecule has 0 aliphatic carbocycles. The Kier molecular flexibility index (Phi) is 5.83. The SMILES string of the molecule is Cl.O=C(Cn1cnc2ccccc2c1=O)N1CCC[C@]2(CNCC[C@@H]2O)C1. The average molecular weight is 393 g/mol. The first-order valence-corrected chi connectivity index (χ1v) is 9.20. The molecule has 0 radical (unpaired) electrons. The molecule has 2 aliphatic heterocycles. The van der Waals surface area contributed by atoms with Crippen molar-refractivity contribution in [2.45, 2.75) is 31.9 Å². The number of rotatable bonds is 2. The lowest BCUT2D eigenvalue weighted by Crippen LogP contribution is -2.59. The zero-order valence-corrected chi connectivity index (χ0v) is 16.0. The maximum Gasteiger partial charge on any atom is 0.261 e. The number of aliphatic hydroxyl groups is 1. The van der Waals surface area contributed by atoms with Gasteiger partial charge in [-0.05, 0) is 37.9 Å². The van der Waals surface area contributed by atoms with Gasteiger partial charge in [-0.3, -0.25) is 14.2 Å². The Hall–Kier alpha value is -1.96. The summed E-state index contributed by atoms with van der Waals surface area (Å²) in [5.41, 5.74) is 0.170. The molecule has 27 heavy (non-hydrogen) atoms. The summed E-state index contributed by atoms with van der Waals surface area (Å²) in [6.07, 6.45) is 3.57. The van der Waals surface area contributed by atoms with Crippen molar-refractivity contribution in [1.29, 1.82) is 0 Å². The average Bonchev–Trinajstić information content (AvgIpc) is 2.67. The van der Waals surface area contributed by atoms with Crippen molar-refractivity contribution in [3.8, 4) is 0 Å². The normalized spacial score (nSPS) is 25.4. The van der Waals surface area contributed by atoms with Crippen LogP contribution in [0, 0.1) is 5.41 Å². The van der Waals surface area contributed by atoms with E-state index in [0.29, 0.717) is 24.0 Å². The highest BCUT2D eigenvalue weighted by molar-refractivity contribution is 5.85. The standard InChI is InChI=1S/C19H24N4O3.ClH/c24-16-6-8-20-11-19(16)7-3-9-22(12-19)17(25)10-23-13-21-15-5-2-1-4-14(15)18(23)26;/h1-2,4-5,13,16,20,24H,3,6-12H2;1H/t16-,19-;/m0./s1. The minimum Gasteiger partial charge on any atom is -0.392 e. The maximum atomic E-state index is 12.8. The number of piperidine rings is 2. The first-order chi connectivity index (χ1) is 12.6. The summed E-state index contributed by atoms with van der Waals surface area (Å²) in [4.78, 5) is 31.5. The van der Waals surface area contributed by atoms with Crippen molar-refractivity contribution in [2.24, 2.45) is 5.41 Å². The molecule has 146 valence electrons. The van der Waals surface area contributed by atoms with Crippen LogP contribution in [-0.4, -0.2) is 57.7 Å². The number of nitrogens with zero attached hydrogens (tertiary/aromatic N) is 3. The second kappa shape index (κ2) is 7.96. The lowest BCUT2D eigenvalue weighted by molar-refractivity contribution is -0.139. The molecule has 2 atom stereocenters. The van der Waals surface area contributed by atoms with Crippen molar-refractivity contribution in [3.05, 3.63) is 40.9 Å². The van der Waals surface area contributed by atoms with Crippen LogP contribution in [0.3, 0.4) is 0 Å². The Morgan fingerprint density at radius 2 is 2.19 bits per heavy atom. The van der Waals surface area contributed by atoms with Gasteiger partial charge in [-0.15, -0.1) is 12.4 Å². The lowest BCUT2D eigenvalue weighted by atomic mass is 9.72. The summed E-state index contributed by atoms with van der Waals surface area (Å²) in [7, 11) is 0. The summed E-state index contributed by atoms with van der Waals surface area (Å²) < 4.78 is 1.38. The number of benzene rings is 1. The number of carbonyl (C=O) groups excluding carboxylic acids is 1. The molecule has 1 spiro atoms. The predicted molar refractivity (Wildman–Crippen MR) is 105 cm³/mol. The Morgan fingerprint density at radius 3 is 3.00 bits per heavy atom. The number of nitrogens with one attached hydrogen (secondary N) is 1. The van der Waals surface area contributed by atoms with E-state index in [1.165, 1.54) is 10.9 Å². The molecule has 2 aromatic rings. The minimum atomic E-state index is -0.385. The molecule has 1 aromatic carbocycles. The highest BCUT2D eigenvalue weighted by atomic mass is 35.5. The smallest absolute Gasteiger partial charge is 0.261 e. The fourth-order valence-electron chi connectivity index (χ4n) is 4.25. The molecule has 4 rings (SSSR count). The van der Waals surface area contributed by atoms with E-state index in [1.54, 1.807) is 23.1 Å². The topological polar surface area (TPSA) is 87.5 Å². The van der Waals surface area contributed by atoms with E-state index in [0.717, 1.165) is 32.4 Å². The number of amides is 1. The second-order valence-electron chi connectivity index (χ2n) is 7.46. The van der Waals surface area contributed by atoms with Crippen LogP contribution in [0.1, 0.15) is 19.3 Å². The third kappa shape index (κ3) is 3.72. The van der Waals surface area contributed by atoms with Gasteiger partial charge in [0.25, 0.3) is 5.56 Å². The number of fused-ring (bicyclic) bond motifs is 1. The van der Waals surface area contributed by atoms with Gasteiger partial charge in [-0.2, -0.15) is 0 Å². The number of hydrogen-bond donors (Lipinski definition) is 2. The van der Waals surface area contributed by atoms with Gasteiger partial charge >= 0.3 is 0 Å². The number of likely N-dealkylation sites (tertiary alicyclic amines) is 1. The third-order valence-electron chi connectivity index (χ3n) is 5.78. The molecule has 2 fully saturated rings. The molecule has 1 amide bonds. The van der Waals surface area contributed by atoms with Crippen molar-refractivity contribution >= 4 is 29.2 Å². The molecule has 2 aliphatic rings. The molecule has 0 unspecified atom stereocenters. The largest absolute Gasteiger partial charge is 0.392 e. The molecule has 2 N–H and O–H groups in total. The zero-order valence-electron chi connectivity index (χ0n) is 15.1. The van der Waals surface area contributed by atoms with Gasteiger partial charge in [0.1, 0.15) is 6.54 Å². The monoisotopic (exact) mass is 392 g/mol. The number of para-hydroxylation sites is 1. The second-order valence-corrected chi connectivity index (χ2v) is 7.46. The summed E-state index contributed by atoms with van der Waals surface area (Å²) in [6, 6.07) is 7.14. The summed E-state index contributed by atoms with van der Waals surface area (Å²) in [6.45, 7) is 2.74. The van der Waals surface area contributed by atoms with Crippen molar-refractivity contribution < 1.29 is 9.90 Å². The number of carbonyl (C=O) groups is 1. The van der Waals surface area contributed by atoms with Gasteiger partial charge in [0.2, 0.25) is 5.91 Å². The van der Waals surface area contributed by atoms with E-state index in [-0.39, 0.29) is 41.9 Å². The molecule has 3 heterocycles. The van der Waals surface area contributed by atoms with Crippen LogP contribution in [0.25, 0.3) is 10.9 Å². The molecular weight excluding hydrogens is 368 g/mol. The summed E-state index contributed by atoms with van der Waals surface area (Å²) in [5, 5.41) is 14.4. The van der Waals surface area contributed by atoms with Crippen LogP contribution < -0.4 is 10.9 Å². The van der Waals surface area contributed by atoms with E-state index in [4.69, 9.17) is 0 Å². The Morgan fingerprint density at radius 1 is 1.37 bits per heavy atom. The molecule has 1 aromatic heterocycles. The Bertz CT molecular complexity index is 883. The van der Waals surface area contributed by atoms with Gasteiger partial charge in [0.15, 0.2) is 0 Å². The molecular formula is C19H25ClN4O3. The number of aromatic nitrogens is 2. The lowest BCUT2D eigenvalue weighted by Gasteiger charge is -2.48. The van der Waals surface area contributed by atoms with Gasteiger partial charge < -0.3 is 15.3 Å². The fourth-order valence-corrected chi connectivity index (χ4v) is 4.25. The van der Waals surface area contributed by atoms with E-state index >= 15 is 0 Å². The predicted octanol–water partition coefficient (Wildman–Crippen LogP) is 0.781. The van der Waals surface area contributed by atoms with E-state index in [9.17, 15) is 14.7 Å². The van der Waals surface area contributed by atoms with Crippen molar-refractivity contribution in [3.63, 3.8) is 0 Å². The molecule has 0 bridgehead atoms. The first kappa shape index (κ1) is 19.8. The molecule has 0 saturated carbocycles. The highest BCUT2D eigenvalue weighted by Gasteiger charge is 2.44. The zero-order chi connectivity index (χ0) is 18.1. The quantitative estimate of drug-likeness (QED) is 0.788. The summed E-state index contributed by atoms with van der Waals surface area (Å²) >= 11 is 0. The number of halogens is 1. The van der Waals surface area contributed by atoms with Crippen molar-refractivity contribution in [2.75, 3.05) is 26.2 Å². The number of hydrogen-bond acceptors (Lipinski definition) is 5. The van der Waals surface area contributed by atoms with Crippen LogP contribution >= 0.6 is 12.4 Å². The van der Waals surface area contributed by atoms with Crippen LogP contribution in [0.2, 0.25) is 0 Å². The van der Waals surface area contributed by atoms with E-state index in [1.807, 2.05) is 6.07 Å². The van der Waals surface area contributed by atoms with Crippen LogP contribution in [0.15, 0.2) is 35.4 Å². The fraction of sp³-hybridized carbons (Fsp3) is 0.526. The van der Waals surface area contributed by atoms with E-state index in [2.05, 4.69) is 10.3 Å². The van der Waals surface area contributed by atoms with Crippen LogP contribution in [0.4, 0.5) is 0 Å². The Balaban J connectivity index is 0.00000210. The molecule has 8 heteroatoms. The van der Waals surface area contributed by atoms with Gasteiger partial charge in [-0.1, -0.05) is 12.1 Å². The number of aliphatic hydroxyl groups excluding tert-OH is 1. The minimum absolute atomic E-state index is 0. The van der Waals surface area contributed by atoms with Gasteiger partial charge in [-0.25, -0.2) is 4.98 Å². The molecule has 7 nitrogen and oxygen atoms in total. The highest BCUT2D eigenvalue weighted by Crippen LogP contribution is 2.36. The van der Waals surface area contributed by atoms with Crippen molar-refractivity contribution in [1.82, 2.24) is 19.8 Å². The van der Waals surface area contributed by atoms with Gasteiger partial charge in [0.05, 0.1) is 23.3 Å². The first-order valence-electron chi connectivity index (χ1n) is 9.20. The maximum absolute atomic E-state index is 12.8. The Labute approximate surface area is 163 Å². The van der Waals surface area contributed by atoms with E-state index < -0.39 is 0 Å². The molecule has 2 saturated heterocycles. The van der Waals surface area contributed by atoms with Crippen LogP contribution in [-0.2, 0) is 11.3 Å². The third-order valence-corrected chi connectivity index (χ3v) is 5.78.